The van der Waals surface area contributed by atoms with E-state index in [0.717, 1.165) is 23.7 Å². The van der Waals surface area contributed by atoms with Gasteiger partial charge in [-0.05, 0) is 44.0 Å². The van der Waals surface area contributed by atoms with Crippen LogP contribution in [0.5, 0.6) is 0 Å². The Hall–Kier alpha value is -1.13. The van der Waals surface area contributed by atoms with Crippen LogP contribution in [-0.2, 0) is 0 Å². The molecular formula is C13H17N3S. The SMILES string of the molecule is Cc1ccc2sc(NC3CCNC3)nc2c1C. The minimum absolute atomic E-state index is 0.539. The number of nitrogens with zero attached hydrogens (tertiary/aromatic N) is 1. The molecule has 2 N–H and O–H groups in total. The highest BCUT2D eigenvalue weighted by atomic mass is 32.1. The Morgan fingerprint density at radius 3 is 3.06 bits per heavy atom. The van der Waals surface area contributed by atoms with Gasteiger partial charge in [-0.1, -0.05) is 17.4 Å². The Morgan fingerprint density at radius 1 is 1.41 bits per heavy atom. The summed E-state index contributed by atoms with van der Waals surface area (Å²) in [6, 6.07) is 4.89. The molecule has 2 heterocycles. The third kappa shape index (κ3) is 2.03. The molecule has 1 aromatic carbocycles. The first-order valence-electron chi connectivity index (χ1n) is 6.08. The number of fused-ring (bicyclic) bond motifs is 1. The molecule has 3 rings (SSSR count). The predicted octanol–water partition coefficient (Wildman–Crippen LogP) is 2.69. The largest absolute Gasteiger partial charge is 0.357 e. The second-order valence-electron chi connectivity index (χ2n) is 4.71. The average Bonchev–Trinajstić information content (AvgIpc) is 2.93. The van der Waals surface area contributed by atoms with Crippen LogP contribution in [0.25, 0.3) is 10.2 Å². The van der Waals surface area contributed by atoms with E-state index in [-0.39, 0.29) is 0 Å². The number of rotatable bonds is 2. The third-order valence-electron chi connectivity index (χ3n) is 3.47. The zero-order chi connectivity index (χ0) is 11.8. The van der Waals surface area contributed by atoms with Crippen LogP contribution in [0.3, 0.4) is 0 Å². The fourth-order valence-corrected chi connectivity index (χ4v) is 3.24. The van der Waals surface area contributed by atoms with Gasteiger partial charge in [0.1, 0.15) is 0 Å². The number of thiazole rings is 1. The van der Waals surface area contributed by atoms with Gasteiger partial charge < -0.3 is 10.6 Å². The summed E-state index contributed by atoms with van der Waals surface area (Å²) in [7, 11) is 0. The molecule has 90 valence electrons. The van der Waals surface area contributed by atoms with Crippen molar-refractivity contribution >= 4 is 26.7 Å². The van der Waals surface area contributed by atoms with Crippen LogP contribution in [0.15, 0.2) is 12.1 Å². The van der Waals surface area contributed by atoms with Crippen molar-refractivity contribution in [2.24, 2.45) is 0 Å². The van der Waals surface area contributed by atoms with Crippen molar-refractivity contribution in [3.05, 3.63) is 23.3 Å². The number of anilines is 1. The Morgan fingerprint density at radius 2 is 2.29 bits per heavy atom. The number of nitrogens with one attached hydrogen (secondary N) is 2. The van der Waals surface area contributed by atoms with Crippen molar-refractivity contribution in [3.63, 3.8) is 0 Å². The van der Waals surface area contributed by atoms with Crippen molar-refractivity contribution in [2.45, 2.75) is 26.3 Å². The van der Waals surface area contributed by atoms with Crippen LogP contribution >= 0.6 is 11.3 Å². The van der Waals surface area contributed by atoms with E-state index in [0.29, 0.717) is 6.04 Å². The summed E-state index contributed by atoms with van der Waals surface area (Å²) >= 11 is 1.76. The maximum Gasteiger partial charge on any atom is 0.184 e. The van der Waals surface area contributed by atoms with E-state index in [1.165, 1.54) is 22.2 Å². The van der Waals surface area contributed by atoms with Gasteiger partial charge in [-0.15, -0.1) is 0 Å². The number of aryl methyl sites for hydroxylation is 2. The molecule has 0 aliphatic carbocycles. The van der Waals surface area contributed by atoms with Gasteiger partial charge in [0.05, 0.1) is 10.2 Å². The topological polar surface area (TPSA) is 37.0 Å². The van der Waals surface area contributed by atoms with Crippen LogP contribution in [0.1, 0.15) is 17.5 Å². The zero-order valence-electron chi connectivity index (χ0n) is 10.2. The molecule has 0 spiro atoms. The van der Waals surface area contributed by atoms with Crippen LogP contribution in [0.4, 0.5) is 5.13 Å². The normalized spacial score (nSPS) is 20.0. The lowest BCUT2D eigenvalue weighted by atomic mass is 10.1. The molecule has 4 heteroatoms. The monoisotopic (exact) mass is 247 g/mol. The number of hydrogen-bond acceptors (Lipinski definition) is 4. The molecule has 0 saturated carbocycles. The average molecular weight is 247 g/mol. The van der Waals surface area contributed by atoms with Crippen molar-refractivity contribution < 1.29 is 0 Å². The van der Waals surface area contributed by atoms with Gasteiger partial charge in [0.2, 0.25) is 0 Å². The highest BCUT2D eigenvalue weighted by Crippen LogP contribution is 2.30. The molecule has 1 atom stereocenters. The summed E-state index contributed by atoms with van der Waals surface area (Å²) in [6.07, 6.45) is 1.19. The molecule has 1 aliphatic heterocycles. The molecule has 1 fully saturated rings. The van der Waals surface area contributed by atoms with Crippen LogP contribution in [-0.4, -0.2) is 24.1 Å². The smallest absolute Gasteiger partial charge is 0.184 e. The lowest BCUT2D eigenvalue weighted by molar-refractivity contribution is 0.792. The molecule has 2 aromatic rings. The Balaban J connectivity index is 1.93. The first-order chi connectivity index (χ1) is 8.24. The van der Waals surface area contributed by atoms with E-state index in [1.807, 2.05) is 0 Å². The van der Waals surface area contributed by atoms with Gasteiger partial charge in [-0.3, -0.25) is 0 Å². The van der Waals surface area contributed by atoms with Crippen molar-refractivity contribution in [1.82, 2.24) is 10.3 Å². The summed E-state index contributed by atoms with van der Waals surface area (Å²) in [4.78, 5) is 4.72. The maximum absolute atomic E-state index is 4.72. The number of aromatic nitrogens is 1. The van der Waals surface area contributed by atoms with Crippen molar-refractivity contribution in [2.75, 3.05) is 18.4 Å². The highest BCUT2D eigenvalue weighted by molar-refractivity contribution is 7.22. The lowest BCUT2D eigenvalue weighted by Gasteiger charge is -2.08. The van der Waals surface area contributed by atoms with Crippen molar-refractivity contribution in [1.29, 1.82) is 0 Å². The second kappa shape index (κ2) is 4.27. The van der Waals surface area contributed by atoms with Crippen LogP contribution < -0.4 is 10.6 Å². The van der Waals surface area contributed by atoms with Gasteiger partial charge in [-0.2, -0.15) is 0 Å². The minimum Gasteiger partial charge on any atom is -0.357 e. The van der Waals surface area contributed by atoms with Gasteiger partial charge in [0.15, 0.2) is 5.13 Å². The summed E-state index contributed by atoms with van der Waals surface area (Å²) in [5.41, 5.74) is 3.77. The molecule has 1 unspecified atom stereocenters. The van der Waals surface area contributed by atoms with E-state index < -0.39 is 0 Å². The van der Waals surface area contributed by atoms with Gasteiger partial charge >= 0.3 is 0 Å². The summed E-state index contributed by atoms with van der Waals surface area (Å²) in [5.74, 6) is 0. The van der Waals surface area contributed by atoms with Gasteiger partial charge in [0, 0.05) is 12.6 Å². The molecule has 17 heavy (non-hydrogen) atoms. The lowest BCUT2D eigenvalue weighted by Crippen LogP contribution is -2.21. The molecule has 0 bridgehead atoms. The van der Waals surface area contributed by atoms with Crippen LogP contribution in [0, 0.1) is 13.8 Å². The first kappa shape index (κ1) is 11.0. The Labute approximate surface area is 105 Å². The molecule has 0 amide bonds. The van der Waals surface area contributed by atoms with E-state index in [4.69, 9.17) is 4.98 Å². The summed E-state index contributed by atoms with van der Waals surface area (Å²) in [6.45, 7) is 6.45. The first-order valence-corrected chi connectivity index (χ1v) is 6.89. The predicted molar refractivity (Wildman–Crippen MR) is 74.0 cm³/mol. The van der Waals surface area contributed by atoms with E-state index in [1.54, 1.807) is 11.3 Å². The van der Waals surface area contributed by atoms with E-state index in [2.05, 4.69) is 36.6 Å². The molecule has 3 nitrogen and oxygen atoms in total. The third-order valence-corrected chi connectivity index (χ3v) is 4.42. The second-order valence-corrected chi connectivity index (χ2v) is 5.74. The fraction of sp³-hybridized carbons (Fsp3) is 0.462. The molecule has 1 aromatic heterocycles. The number of benzene rings is 1. The standard InChI is InChI=1S/C13H17N3S/c1-8-3-4-11-12(9(8)2)16-13(17-11)15-10-5-6-14-7-10/h3-4,10,14H,5-7H2,1-2H3,(H,15,16). The zero-order valence-corrected chi connectivity index (χ0v) is 11.0. The maximum atomic E-state index is 4.72. The van der Waals surface area contributed by atoms with Gasteiger partial charge in [-0.25, -0.2) is 4.98 Å². The quantitative estimate of drug-likeness (QED) is 0.856. The van der Waals surface area contributed by atoms with E-state index in [9.17, 15) is 0 Å². The summed E-state index contributed by atoms with van der Waals surface area (Å²) < 4.78 is 1.28. The molecular weight excluding hydrogens is 230 g/mol. The Bertz CT molecular complexity index is 541. The summed E-state index contributed by atoms with van der Waals surface area (Å²) in [5, 5.41) is 7.94. The molecule has 1 saturated heterocycles. The molecule has 0 radical (unpaired) electrons. The molecule has 1 aliphatic rings. The van der Waals surface area contributed by atoms with Gasteiger partial charge in [0.25, 0.3) is 0 Å². The number of hydrogen-bond donors (Lipinski definition) is 2. The minimum atomic E-state index is 0.539. The Kier molecular flexibility index (Phi) is 2.76. The van der Waals surface area contributed by atoms with Crippen molar-refractivity contribution in [3.8, 4) is 0 Å². The van der Waals surface area contributed by atoms with Crippen LogP contribution in [0.2, 0.25) is 0 Å². The van der Waals surface area contributed by atoms with E-state index >= 15 is 0 Å². The fourth-order valence-electron chi connectivity index (χ4n) is 2.24. The highest BCUT2D eigenvalue weighted by Gasteiger charge is 2.16.